The van der Waals surface area contributed by atoms with Gasteiger partial charge >= 0.3 is 11.9 Å². The number of ether oxygens (including phenoxy) is 2. The number of benzene rings is 1. The molecule has 0 aliphatic rings. The molecular weight excluding hydrogens is 550 g/mol. The maximum Gasteiger partial charge on any atom is 0.320 e. The molecule has 1 heterocycles. The molecule has 2 rings (SSSR count). The number of carbonyl (C=O) groups excluding carboxylic acids is 3. The molecule has 204 valence electrons. The van der Waals surface area contributed by atoms with E-state index < -0.39 is 38.9 Å². The number of anilines is 1. The number of para-hydroxylation sites is 1. The Bertz CT molecular complexity index is 1110. The maximum absolute atomic E-state index is 12.8. The molecule has 13 heteroatoms. The van der Waals surface area contributed by atoms with Crippen LogP contribution in [0.4, 0.5) is 5.69 Å². The lowest BCUT2D eigenvalue weighted by Crippen LogP contribution is -2.35. The minimum absolute atomic E-state index is 0.0569. The average Bonchev–Trinajstić information content (AvgIpc) is 3.27. The van der Waals surface area contributed by atoms with Crippen molar-refractivity contribution in [2.24, 2.45) is 5.41 Å². The second kappa shape index (κ2) is 12.5. The van der Waals surface area contributed by atoms with Crippen molar-refractivity contribution >= 4 is 39.5 Å². The molecule has 0 radical (unpaired) electrons. The Labute approximate surface area is 224 Å². The molecule has 0 aliphatic carbocycles. The number of nitrogens with zero attached hydrogens (tertiary/aromatic N) is 4. The first-order valence-corrected chi connectivity index (χ1v) is 12.6. The SMILES string of the molecule is CCn1cc(CNC(=O)c2cccc(COC(=O)C(C)(C)CC(Br)C(=O)OC(C)(C)C)c2N([O-])O)nn1. The number of esters is 2. The first kappa shape index (κ1) is 30.2. The molecule has 1 amide bonds. The van der Waals surface area contributed by atoms with E-state index in [9.17, 15) is 24.8 Å². The van der Waals surface area contributed by atoms with Gasteiger partial charge in [0.2, 0.25) is 0 Å². The maximum atomic E-state index is 12.8. The lowest BCUT2D eigenvalue weighted by Gasteiger charge is -2.29. The highest BCUT2D eigenvalue weighted by molar-refractivity contribution is 9.10. The van der Waals surface area contributed by atoms with Gasteiger partial charge in [-0.15, -0.1) is 5.10 Å². The number of halogens is 1. The van der Waals surface area contributed by atoms with Crippen molar-refractivity contribution in [1.82, 2.24) is 20.3 Å². The summed E-state index contributed by atoms with van der Waals surface area (Å²) in [7, 11) is 0. The normalized spacial score (nSPS) is 12.6. The molecule has 0 saturated heterocycles. The number of aryl methyl sites for hydroxylation is 1. The van der Waals surface area contributed by atoms with Crippen LogP contribution in [0.1, 0.15) is 69.6 Å². The molecule has 1 aromatic heterocycles. The Morgan fingerprint density at radius 3 is 2.49 bits per heavy atom. The molecular formula is C24H33BrN5O7-. The molecule has 0 saturated carbocycles. The Kier molecular flexibility index (Phi) is 10.2. The second-order valence-electron chi connectivity index (χ2n) is 10.00. The fourth-order valence-corrected chi connectivity index (χ4v) is 4.18. The second-order valence-corrected chi connectivity index (χ2v) is 11.1. The Hall–Kier alpha value is -3.03. The zero-order valence-electron chi connectivity index (χ0n) is 21.8. The summed E-state index contributed by atoms with van der Waals surface area (Å²) in [5.41, 5.74) is -1.60. The fraction of sp³-hybridized carbons (Fsp3) is 0.542. The number of carbonyl (C=O) groups is 3. The molecule has 1 unspecified atom stereocenters. The van der Waals surface area contributed by atoms with E-state index in [0.717, 1.165) is 0 Å². The lowest BCUT2D eigenvalue weighted by molar-refractivity contribution is -0.158. The van der Waals surface area contributed by atoms with E-state index in [2.05, 4.69) is 31.6 Å². The van der Waals surface area contributed by atoms with Crippen molar-refractivity contribution in [1.29, 1.82) is 0 Å². The molecule has 1 aromatic carbocycles. The summed E-state index contributed by atoms with van der Waals surface area (Å²) in [6.45, 7) is 10.6. The molecule has 12 nitrogen and oxygen atoms in total. The molecule has 2 aromatic rings. The van der Waals surface area contributed by atoms with Crippen molar-refractivity contribution < 1.29 is 29.1 Å². The minimum atomic E-state index is -1.09. The lowest BCUT2D eigenvalue weighted by atomic mass is 9.88. The highest BCUT2D eigenvalue weighted by atomic mass is 79.9. The molecule has 2 N–H and O–H groups in total. The first-order chi connectivity index (χ1) is 17.1. The number of hydrogen-bond donors (Lipinski definition) is 2. The van der Waals surface area contributed by atoms with Crippen LogP contribution in [0.5, 0.6) is 0 Å². The van der Waals surface area contributed by atoms with E-state index >= 15 is 0 Å². The molecule has 0 spiro atoms. The molecule has 0 fully saturated rings. The van der Waals surface area contributed by atoms with Crippen LogP contribution in [-0.4, -0.2) is 48.5 Å². The van der Waals surface area contributed by atoms with Crippen molar-refractivity contribution in [3.8, 4) is 0 Å². The average molecular weight is 583 g/mol. The monoisotopic (exact) mass is 582 g/mol. The van der Waals surface area contributed by atoms with E-state index in [-0.39, 0.29) is 36.4 Å². The number of alkyl halides is 1. The van der Waals surface area contributed by atoms with Crippen molar-refractivity contribution in [3.63, 3.8) is 0 Å². The van der Waals surface area contributed by atoms with Gasteiger partial charge in [-0.25, -0.2) is 0 Å². The molecule has 1 atom stereocenters. The Morgan fingerprint density at radius 2 is 1.92 bits per heavy atom. The van der Waals surface area contributed by atoms with Crippen LogP contribution in [0, 0.1) is 10.6 Å². The third-order valence-corrected chi connectivity index (χ3v) is 5.86. The van der Waals surface area contributed by atoms with Crippen molar-refractivity contribution in [3.05, 3.63) is 46.4 Å². The van der Waals surface area contributed by atoms with E-state index in [4.69, 9.17) is 9.47 Å². The summed E-state index contributed by atoms with van der Waals surface area (Å²) in [6, 6.07) is 4.31. The van der Waals surface area contributed by atoms with Crippen LogP contribution >= 0.6 is 15.9 Å². The molecule has 37 heavy (non-hydrogen) atoms. The van der Waals surface area contributed by atoms with Crippen LogP contribution in [0.2, 0.25) is 0 Å². The highest BCUT2D eigenvalue weighted by Crippen LogP contribution is 2.31. The van der Waals surface area contributed by atoms with Gasteiger partial charge in [-0.3, -0.25) is 24.3 Å². The molecule has 0 bridgehead atoms. The number of nitrogens with one attached hydrogen (secondary N) is 1. The summed E-state index contributed by atoms with van der Waals surface area (Å²) < 4.78 is 12.3. The summed E-state index contributed by atoms with van der Waals surface area (Å²) in [5.74, 6) is -1.78. The third kappa shape index (κ3) is 8.79. The van der Waals surface area contributed by atoms with Gasteiger partial charge in [0.15, 0.2) is 0 Å². The number of amides is 1. The Balaban J connectivity index is 2.09. The number of rotatable bonds is 11. The van der Waals surface area contributed by atoms with Crippen molar-refractivity contribution in [2.45, 2.75) is 78.1 Å². The first-order valence-electron chi connectivity index (χ1n) is 11.6. The predicted octanol–water partition coefficient (Wildman–Crippen LogP) is 3.49. The highest BCUT2D eigenvalue weighted by Gasteiger charge is 2.36. The van der Waals surface area contributed by atoms with Crippen molar-refractivity contribution in [2.75, 3.05) is 5.23 Å². The quantitative estimate of drug-likeness (QED) is 0.228. The third-order valence-electron chi connectivity index (χ3n) is 5.16. The summed E-state index contributed by atoms with van der Waals surface area (Å²) in [4.78, 5) is 37.1. The number of aromatic nitrogens is 3. The standard InChI is InChI=1S/C24H33BrN5O7/c1-7-29-13-16(27-28-29)12-26-20(31)17-10-8-9-15(19(17)30(34)35)14-36-22(33)24(5,6)11-18(25)21(32)37-23(2,3)4/h8-10,13,18,34H,7,11-12,14H2,1-6H3,(H,26,31)/q-1. The zero-order chi connectivity index (χ0) is 28.0. The van der Waals surface area contributed by atoms with E-state index in [1.165, 1.54) is 18.2 Å². The van der Waals surface area contributed by atoms with Crippen LogP contribution in [0.3, 0.4) is 0 Å². The van der Waals surface area contributed by atoms with Gasteiger partial charge in [0.05, 0.1) is 29.4 Å². The van der Waals surface area contributed by atoms with Gasteiger partial charge in [-0.1, -0.05) is 33.3 Å². The van der Waals surface area contributed by atoms with Gasteiger partial charge in [-0.05, 0) is 54.0 Å². The number of hydrogen-bond acceptors (Lipinski definition) is 10. The van der Waals surface area contributed by atoms with Crippen LogP contribution in [0.15, 0.2) is 24.4 Å². The van der Waals surface area contributed by atoms with E-state index in [0.29, 0.717) is 12.2 Å². The molecule has 0 aliphatic heterocycles. The van der Waals surface area contributed by atoms with E-state index in [1.807, 2.05) is 6.92 Å². The minimum Gasteiger partial charge on any atom is -0.733 e. The largest absolute Gasteiger partial charge is 0.733 e. The van der Waals surface area contributed by atoms with Gasteiger partial charge in [0.1, 0.15) is 22.7 Å². The predicted molar refractivity (Wildman–Crippen MR) is 138 cm³/mol. The summed E-state index contributed by atoms with van der Waals surface area (Å²) in [6.07, 6.45) is 1.76. The van der Waals surface area contributed by atoms with Crippen LogP contribution in [0.25, 0.3) is 0 Å². The van der Waals surface area contributed by atoms with Crippen LogP contribution < -0.4 is 10.5 Å². The topological polar surface area (TPSA) is 159 Å². The Morgan fingerprint density at radius 1 is 1.24 bits per heavy atom. The van der Waals surface area contributed by atoms with Crippen LogP contribution in [-0.2, 0) is 38.8 Å². The van der Waals surface area contributed by atoms with E-state index in [1.54, 1.807) is 45.5 Å². The van der Waals surface area contributed by atoms with Gasteiger partial charge in [0.25, 0.3) is 5.91 Å². The summed E-state index contributed by atoms with van der Waals surface area (Å²) >= 11 is 3.27. The fourth-order valence-electron chi connectivity index (χ4n) is 3.28. The summed E-state index contributed by atoms with van der Waals surface area (Å²) in [5, 5.41) is 31.7. The van der Waals surface area contributed by atoms with Gasteiger partial charge < -0.3 is 25.2 Å². The van der Waals surface area contributed by atoms with Gasteiger partial charge in [0, 0.05) is 12.1 Å². The van der Waals surface area contributed by atoms with Gasteiger partial charge in [-0.2, -0.15) is 0 Å². The zero-order valence-corrected chi connectivity index (χ0v) is 23.4. The smallest absolute Gasteiger partial charge is 0.320 e.